The number of ether oxygens (including phenoxy) is 1. The number of benzene rings is 2. The van der Waals surface area contributed by atoms with Crippen LogP contribution in [0.5, 0.6) is 11.6 Å². The summed E-state index contributed by atoms with van der Waals surface area (Å²) >= 11 is 5.96. The molecule has 0 atom stereocenters. The van der Waals surface area contributed by atoms with E-state index in [1.807, 2.05) is 0 Å². The molecule has 1 amide bonds. The summed E-state index contributed by atoms with van der Waals surface area (Å²) in [6, 6.07) is 14.8. The van der Waals surface area contributed by atoms with E-state index >= 15 is 0 Å². The second-order valence-corrected chi connectivity index (χ2v) is 5.51. The van der Waals surface area contributed by atoms with Crippen LogP contribution in [0.2, 0.25) is 5.02 Å². The molecule has 0 fully saturated rings. The van der Waals surface area contributed by atoms with Gasteiger partial charge >= 0.3 is 11.6 Å². The maximum atomic E-state index is 12.2. The molecule has 1 heterocycles. The van der Waals surface area contributed by atoms with Crippen LogP contribution in [-0.2, 0) is 0 Å². The Kier molecular flexibility index (Phi) is 5.43. The molecular formula is C17H12ClN5O4. The van der Waals surface area contributed by atoms with Gasteiger partial charge in [-0.25, -0.2) is 4.98 Å². The molecule has 0 bridgehead atoms. The van der Waals surface area contributed by atoms with Crippen LogP contribution in [0.25, 0.3) is 0 Å². The van der Waals surface area contributed by atoms with Gasteiger partial charge < -0.3 is 4.74 Å². The van der Waals surface area contributed by atoms with E-state index in [0.29, 0.717) is 5.75 Å². The topological polar surface area (TPSA) is 119 Å². The average molecular weight is 386 g/mol. The number of rotatable bonds is 6. The Labute approximate surface area is 158 Å². The lowest BCUT2D eigenvalue weighted by molar-refractivity contribution is -0.385. The van der Waals surface area contributed by atoms with Gasteiger partial charge in [-0.05, 0) is 24.3 Å². The molecule has 136 valence electrons. The summed E-state index contributed by atoms with van der Waals surface area (Å²) in [4.78, 5) is 30.6. The van der Waals surface area contributed by atoms with Crippen molar-refractivity contribution in [3.63, 3.8) is 0 Å². The van der Waals surface area contributed by atoms with E-state index in [4.69, 9.17) is 16.3 Å². The number of anilines is 1. The molecule has 0 saturated heterocycles. The summed E-state index contributed by atoms with van der Waals surface area (Å²) < 4.78 is 5.46. The van der Waals surface area contributed by atoms with E-state index < -0.39 is 16.5 Å². The maximum absolute atomic E-state index is 12.2. The van der Waals surface area contributed by atoms with Crippen molar-refractivity contribution < 1.29 is 14.5 Å². The SMILES string of the molecule is O=C(NNc1ncnc(Oc2ccccc2)c1[N+](=O)[O-])c1ccccc1Cl. The van der Waals surface area contributed by atoms with Crippen molar-refractivity contribution in [2.45, 2.75) is 0 Å². The van der Waals surface area contributed by atoms with Gasteiger partial charge in [0.15, 0.2) is 0 Å². The highest BCUT2D eigenvalue weighted by Crippen LogP contribution is 2.33. The first-order valence-corrected chi connectivity index (χ1v) is 7.97. The van der Waals surface area contributed by atoms with Crippen LogP contribution in [-0.4, -0.2) is 20.8 Å². The monoisotopic (exact) mass is 385 g/mol. The molecule has 1 aromatic heterocycles. The number of hydrogen-bond acceptors (Lipinski definition) is 7. The van der Waals surface area contributed by atoms with Crippen LogP contribution in [0.15, 0.2) is 60.9 Å². The predicted molar refractivity (Wildman–Crippen MR) is 97.7 cm³/mol. The number of nitro groups is 1. The first kappa shape index (κ1) is 18.1. The van der Waals surface area contributed by atoms with Crippen molar-refractivity contribution in [1.29, 1.82) is 0 Å². The van der Waals surface area contributed by atoms with Crippen molar-refractivity contribution in [2.75, 3.05) is 5.43 Å². The first-order chi connectivity index (χ1) is 13.1. The number of aromatic nitrogens is 2. The molecule has 0 saturated carbocycles. The smallest absolute Gasteiger partial charge is 0.374 e. The number of halogens is 1. The highest BCUT2D eigenvalue weighted by molar-refractivity contribution is 6.33. The zero-order valence-electron chi connectivity index (χ0n) is 13.6. The lowest BCUT2D eigenvalue weighted by Crippen LogP contribution is -2.30. The summed E-state index contributed by atoms with van der Waals surface area (Å²) in [6.07, 6.45) is 1.08. The number of nitrogens with zero attached hydrogens (tertiary/aromatic N) is 3. The van der Waals surface area contributed by atoms with Crippen LogP contribution in [0.3, 0.4) is 0 Å². The quantitative estimate of drug-likeness (QED) is 0.491. The van der Waals surface area contributed by atoms with Crippen molar-refractivity contribution in [3.05, 3.63) is 81.6 Å². The standard InChI is InChI=1S/C17H12ClN5O4/c18-13-9-5-4-8-12(13)16(24)22-21-15-14(23(25)26)17(20-10-19-15)27-11-6-2-1-3-7-11/h1-10H,(H,22,24)(H,19,20,21). The lowest BCUT2D eigenvalue weighted by Gasteiger charge is -2.10. The van der Waals surface area contributed by atoms with E-state index in [2.05, 4.69) is 20.8 Å². The van der Waals surface area contributed by atoms with Crippen LogP contribution in [0, 0.1) is 10.1 Å². The lowest BCUT2D eigenvalue weighted by atomic mass is 10.2. The minimum absolute atomic E-state index is 0.198. The number of amides is 1. The third kappa shape index (κ3) is 4.28. The summed E-state index contributed by atoms with van der Waals surface area (Å²) in [7, 11) is 0. The van der Waals surface area contributed by atoms with Crippen molar-refractivity contribution in [3.8, 4) is 11.6 Å². The molecule has 0 aliphatic heterocycles. The second kappa shape index (κ2) is 8.11. The summed E-state index contributed by atoms with van der Waals surface area (Å²) in [5.41, 5.74) is 4.41. The van der Waals surface area contributed by atoms with Gasteiger partial charge in [-0.2, -0.15) is 4.98 Å². The van der Waals surface area contributed by atoms with Gasteiger partial charge in [-0.1, -0.05) is 41.9 Å². The molecule has 9 nitrogen and oxygen atoms in total. The molecule has 0 radical (unpaired) electrons. The first-order valence-electron chi connectivity index (χ1n) is 7.59. The molecule has 0 aliphatic carbocycles. The summed E-state index contributed by atoms with van der Waals surface area (Å²) in [5, 5.41) is 11.7. The summed E-state index contributed by atoms with van der Waals surface area (Å²) in [6.45, 7) is 0. The fraction of sp³-hybridized carbons (Fsp3) is 0. The number of nitrogens with one attached hydrogen (secondary N) is 2. The second-order valence-electron chi connectivity index (χ2n) is 5.11. The van der Waals surface area contributed by atoms with Gasteiger partial charge in [0.1, 0.15) is 12.1 Å². The van der Waals surface area contributed by atoms with Crippen LogP contribution < -0.4 is 15.6 Å². The zero-order chi connectivity index (χ0) is 19.2. The molecule has 27 heavy (non-hydrogen) atoms. The van der Waals surface area contributed by atoms with Gasteiger partial charge in [-0.15, -0.1) is 0 Å². The van der Waals surface area contributed by atoms with Gasteiger partial charge in [-0.3, -0.25) is 25.8 Å². The fourth-order valence-corrected chi connectivity index (χ4v) is 2.34. The molecule has 2 N–H and O–H groups in total. The highest BCUT2D eigenvalue weighted by Gasteiger charge is 2.25. The molecular weight excluding hydrogens is 374 g/mol. The Morgan fingerprint density at radius 2 is 1.78 bits per heavy atom. The predicted octanol–water partition coefficient (Wildman–Crippen LogP) is 3.59. The average Bonchev–Trinajstić information content (AvgIpc) is 2.67. The van der Waals surface area contributed by atoms with Gasteiger partial charge in [0, 0.05) is 0 Å². The molecule has 2 aromatic carbocycles. The van der Waals surface area contributed by atoms with Crippen molar-refractivity contribution in [2.24, 2.45) is 0 Å². The Morgan fingerprint density at radius 3 is 2.48 bits per heavy atom. The Morgan fingerprint density at radius 1 is 1.07 bits per heavy atom. The van der Waals surface area contributed by atoms with E-state index in [1.165, 1.54) is 6.07 Å². The van der Waals surface area contributed by atoms with E-state index in [9.17, 15) is 14.9 Å². The largest absolute Gasteiger partial charge is 0.434 e. The highest BCUT2D eigenvalue weighted by atomic mass is 35.5. The summed E-state index contributed by atoms with van der Waals surface area (Å²) in [5.74, 6) is -0.721. The maximum Gasteiger partial charge on any atom is 0.374 e. The normalized spacial score (nSPS) is 10.1. The van der Waals surface area contributed by atoms with Gasteiger partial charge in [0.25, 0.3) is 5.91 Å². The van der Waals surface area contributed by atoms with Crippen LogP contribution in [0.4, 0.5) is 11.5 Å². The minimum Gasteiger partial charge on any atom is -0.434 e. The molecule has 0 aliphatic rings. The molecule has 3 rings (SSSR count). The van der Waals surface area contributed by atoms with Crippen LogP contribution >= 0.6 is 11.6 Å². The number of carbonyl (C=O) groups is 1. The zero-order valence-corrected chi connectivity index (χ0v) is 14.4. The number of carbonyl (C=O) groups excluding carboxylic acids is 1. The Hall–Kier alpha value is -3.72. The van der Waals surface area contributed by atoms with E-state index in [-0.39, 0.29) is 22.3 Å². The van der Waals surface area contributed by atoms with Crippen molar-refractivity contribution in [1.82, 2.24) is 15.4 Å². The van der Waals surface area contributed by atoms with Gasteiger partial charge in [0.05, 0.1) is 15.5 Å². The third-order valence-corrected chi connectivity index (χ3v) is 3.67. The number of hydrazine groups is 1. The number of hydrogen-bond donors (Lipinski definition) is 2. The van der Waals surface area contributed by atoms with Crippen molar-refractivity contribution >= 4 is 29.0 Å². The van der Waals surface area contributed by atoms with E-state index in [0.717, 1.165) is 6.33 Å². The molecule has 0 spiro atoms. The fourth-order valence-electron chi connectivity index (χ4n) is 2.12. The Bertz CT molecular complexity index is 984. The third-order valence-electron chi connectivity index (χ3n) is 3.34. The van der Waals surface area contributed by atoms with E-state index in [1.54, 1.807) is 48.5 Å². The molecule has 10 heteroatoms. The van der Waals surface area contributed by atoms with Gasteiger partial charge in [0.2, 0.25) is 5.82 Å². The molecule has 3 aromatic rings. The molecule has 0 unspecified atom stereocenters. The number of para-hydroxylation sites is 1. The Balaban J connectivity index is 1.83. The van der Waals surface area contributed by atoms with Crippen LogP contribution in [0.1, 0.15) is 10.4 Å². The minimum atomic E-state index is -0.706.